The van der Waals surface area contributed by atoms with E-state index in [1.807, 2.05) is 0 Å². The van der Waals surface area contributed by atoms with Gasteiger partial charge in [0.2, 0.25) is 0 Å². The summed E-state index contributed by atoms with van der Waals surface area (Å²) in [4.78, 5) is 24.3. The first-order valence-corrected chi connectivity index (χ1v) is 7.70. The van der Waals surface area contributed by atoms with Crippen LogP contribution in [-0.2, 0) is 0 Å². The van der Waals surface area contributed by atoms with Crippen LogP contribution in [0.2, 0.25) is 0 Å². The molecule has 1 aliphatic heterocycles. The smallest absolute Gasteiger partial charge is 0.273 e. The second-order valence-electron chi connectivity index (χ2n) is 4.72. The van der Waals surface area contributed by atoms with Gasteiger partial charge in [-0.05, 0) is 40.2 Å². The zero-order chi connectivity index (χ0) is 16.2. The Morgan fingerprint density at radius 2 is 1.52 bits per heavy atom. The summed E-state index contributed by atoms with van der Waals surface area (Å²) in [6.07, 6.45) is 0. The normalized spacial score (nSPS) is 12.4. The lowest BCUT2D eigenvalue weighted by molar-refractivity contribution is 0.0840. The van der Waals surface area contributed by atoms with Crippen LogP contribution in [0.1, 0.15) is 20.7 Å². The molecule has 2 aromatic carbocycles. The van der Waals surface area contributed by atoms with Crippen molar-refractivity contribution in [1.29, 1.82) is 0 Å². The molecule has 7 heteroatoms. The van der Waals surface area contributed by atoms with Gasteiger partial charge in [-0.2, -0.15) is 0 Å². The predicted octanol–water partition coefficient (Wildman–Crippen LogP) is 2.30. The van der Waals surface area contributed by atoms with Crippen LogP contribution in [0.3, 0.4) is 0 Å². The molecule has 0 aliphatic carbocycles. The van der Waals surface area contributed by atoms with Gasteiger partial charge in [-0.1, -0.05) is 18.2 Å². The van der Waals surface area contributed by atoms with E-state index in [0.717, 1.165) is 0 Å². The van der Waals surface area contributed by atoms with Crippen molar-refractivity contribution < 1.29 is 19.1 Å². The molecular formula is C16H13BrN2O4. The van der Waals surface area contributed by atoms with Crippen LogP contribution in [-0.4, -0.2) is 25.0 Å². The molecule has 2 amide bonds. The molecule has 2 aromatic rings. The number of amides is 2. The molecule has 0 unspecified atom stereocenters. The van der Waals surface area contributed by atoms with Crippen LogP contribution < -0.4 is 20.3 Å². The average Bonchev–Trinajstić information content (AvgIpc) is 2.59. The number of halogens is 1. The number of rotatable bonds is 2. The van der Waals surface area contributed by atoms with Crippen molar-refractivity contribution in [2.24, 2.45) is 0 Å². The summed E-state index contributed by atoms with van der Waals surface area (Å²) in [5.41, 5.74) is 5.48. The zero-order valence-electron chi connectivity index (χ0n) is 12.0. The van der Waals surface area contributed by atoms with E-state index < -0.39 is 11.8 Å². The Labute approximate surface area is 140 Å². The Kier molecular flexibility index (Phi) is 4.47. The van der Waals surface area contributed by atoms with E-state index in [9.17, 15) is 9.59 Å². The second-order valence-corrected chi connectivity index (χ2v) is 5.57. The van der Waals surface area contributed by atoms with Crippen molar-refractivity contribution in [2.45, 2.75) is 0 Å². The summed E-state index contributed by atoms with van der Waals surface area (Å²) >= 11 is 3.29. The summed E-state index contributed by atoms with van der Waals surface area (Å²) < 4.78 is 11.5. The summed E-state index contributed by atoms with van der Waals surface area (Å²) in [6, 6.07) is 12.0. The third kappa shape index (κ3) is 3.29. The van der Waals surface area contributed by atoms with E-state index in [0.29, 0.717) is 40.3 Å². The maximum atomic E-state index is 12.3. The maximum absolute atomic E-state index is 12.3. The van der Waals surface area contributed by atoms with E-state index in [1.54, 1.807) is 42.5 Å². The molecule has 1 aliphatic rings. The Morgan fingerprint density at radius 3 is 2.30 bits per heavy atom. The number of carbonyl (C=O) groups is 2. The summed E-state index contributed by atoms with van der Waals surface area (Å²) in [7, 11) is 0. The highest BCUT2D eigenvalue weighted by Gasteiger charge is 2.21. The number of para-hydroxylation sites is 1. The van der Waals surface area contributed by atoms with Gasteiger partial charge in [0.05, 0.1) is 11.1 Å². The SMILES string of the molecule is O=C(NNC(=O)c1cccc2c1OCCO2)c1ccccc1Br. The molecule has 0 aromatic heterocycles. The molecule has 6 nitrogen and oxygen atoms in total. The molecule has 0 saturated heterocycles. The minimum atomic E-state index is -0.479. The fourth-order valence-corrected chi connectivity index (χ4v) is 2.61. The van der Waals surface area contributed by atoms with Gasteiger partial charge < -0.3 is 9.47 Å². The third-order valence-corrected chi connectivity index (χ3v) is 3.91. The average molecular weight is 377 g/mol. The van der Waals surface area contributed by atoms with E-state index in [-0.39, 0.29) is 0 Å². The lowest BCUT2D eigenvalue weighted by atomic mass is 10.1. The number of benzene rings is 2. The van der Waals surface area contributed by atoms with Crippen molar-refractivity contribution in [3.8, 4) is 11.5 Å². The van der Waals surface area contributed by atoms with Crippen LogP contribution >= 0.6 is 15.9 Å². The Bertz CT molecular complexity index is 763. The van der Waals surface area contributed by atoms with Gasteiger partial charge in [0.25, 0.3) is 11.8 Å². The number of hydrogen-bond donors (Lipinski definition) is 2. The van der Waals surface area contributed by atoms with Crippen LogP contribution in [0.15, 0.2) is 46.9 Å². The van der Waals surface area contributed by atoms with Crippen molar-refractivity contribution in [3.05, 3.63) is 58.1 Å². The van der Waals surface area contributed by atoms with E-state index in [4.69, 9.17) is 9.47 Å². The Hall–Kier alpha value is -2.54. The highest BCUT2D eigenvalue weighted by atomic mass is 79.9. The molecule has 0 bridgehead atoms. The third-order valence-electron chi connectivity index (χ3n) is 3.22. The van der Waals surface area contributed by atoms with E-state index in [2.05, 4.69) is 26.8 Å². The predicted molar refractivity (Wildman–Crippen MR) is 86.5 cm³/mol. The molecule has 0 fully saturated rings. The number of hydrogen-bond acceptors (Lipinski definition) is 4. The van der Waals surface area contributed by atoms with Gasteiger partial charge in [-0.25, -0.2) is 0 Å². The molecule has 0 spiro atoms. The van der Waals surface area contributed by atoms with Crippen molar-refractivity contribution in [3.63, 3.8) is 0 Å². The number of nitrogens with one attached hydrogen (secondary N) is 2. The molecule has 0 radical (unpaired) electrons. The quantitative estimate of drug-likeness (QED) is 0.788. The van der Waals surface area contributed by atoms with Gasteiger partial charge in [0.15, 0.2) is 11.5 Å². The molecule has 0 saturated carbocycles. The molecule has 2 N–H and O–H groups in total. The van der Waals surface area contributed by atoms with E-state index in [1.165, 1.54) is 0 Å². The molecule has 23 heavy (non-hydrogen) atoms. The van der Waals surface area contributed by atoms with Gasteiger partial charge in [-0.3, -0.25) is 20.4 Å². The second kappa shape index (κ2) is 6.70. The van der Waals surface area contributed by atoms with Crippen molar-refractivity contribution in [2.75, 3.05) is 13.2 Å². The molecular weight excluding hydrogens is 364 g/mol. The van der Waals surface area contributed by atoms with Crippen LogP contribution in [0.25, 0.3) is 0 Å². The zero-order valence-corrected chi connectivity index (χ0v) is 13.6. The van der Waals surface area contributed by atoms with Crippen LogP contribution in [0.5, 0.6) is 11.5 Å². The highest BCUT2D eigenvalue weighted by molar-refractivity contribution is 9.10. The number of carbonyl (C=O) groups excluding carboxylic acids is 2. The van der Waals surface area contributed by atoms with E-state index >= 15 is 0 Å². The lowest BCUT2D eigenvalue weighted by Gasteiger charge is -2.20. The number of hydrazine groups is 1. The minimum absolute atomic E-state index is 0.301. The maximum Gasteiger partial charge on any atom is 0.273 e. The van der Waals surface area contributed by atoms with Gasteiger partial charge in [0.1, 0.15) is 13.2 Å². The van der Waals surface area contributed by atoms with Crippen molar-refractivity contribution in [1.82, 2.24) is 10.9 Å². The van der Waals surface area contributed by atoms with Crippen molar-refractivity contribution >= 4 is 27.7 Å². The highest BCUT2D eigenvalue weighted by Crippen LogP contribution is 2.33. The largest absolute Gasteiger partial charge is 0.486 e. The summed E-state index contributed by atoms with van der Waals surface area (Å²) in [5.74, 6) is -0.00651. The van der Waals surface area contributed by atoms with Gasteiger partial charge in [-0.15, -0.1) is 0 Å². The molecule has 0 atom stereocenters. The van der Waals surface area contributed by atoms with Gasteiger partial charge in [0, 0.05) is 4.47 Å². The first-order valence-electron chi connectivity index (χ1n) is 6.90. The lowest BCUT2D eigenvalue weighted by Crippen LogP contribution is -2.42. The van der Waals surface area contributed by atoms with Crippen LogP contribution in [0.4, 0.5) is 0 Å². The summed E-state index contributed by atoms with van der Waals surface area (Å²) in [6.45, 7) is 0.817. The fourth-order valence-electron chi connectivity index (χ4n) is 2.15. The number of ether oxygens (including phenoxy) is 2. The first kappa shape index (κ1) is 15.4. The summed E-state index contributed by atoms with van der Waals surface area (Å²) in [5, 5.41) is 0. The molecule has 3 rings (SSSR count). The first-order chi connectivity index (χ1) is 11.2. The van der Waals surface area contributed by atoms with Crippen LogP contribution in [0, 0.1) is 0 Å². The molecule has 118 valence electrons. The molecule has 1 heterocycles. The monoisotopic (exact) mass is 376 g/mol. The standard InChI is InChI=1S/C16H13BrN2O4/c17-12-6-2-1-4-10(12)15(20)18-19-16(21)11-5-3-7-13-14(11)23-9-8-22-13/h1-7H,8-9H2,(H,18,20)(H,19,21). The Morgan fingerprint density at radius 1 is 0.870 bits per heavy atom. The number of fused-ring (bicyclic) bond motifs is 1. The Balaban J connectivity index is 1.71. The van der Waals surface area contributed by atoms with Gasteiger partial charge >= 0.3 is 0 Å². The topological polar surface area (TPSA) is 76.7 Å². The minimum Gasteiger partial charge on any atom is -0.486 e. The fraction of sp³-hybridized carbons (Fsp3) is 0.125.